The topological polar surface area (TPSA) is 51.6 Å². The van der Waals surface area contributed by atoms with Crippen LogP contribution in [0.5, 0.6) is 0 Å². The summed E-state index contributed by atoms with van der Waals surface area (Å²) < 4.78 is 0. The summed E-state index contributed by atoms with van der Waals surface area (Å²) in [5.41, 5.74) is 13.0. The van der Waals surface area contributed by atoms with Crippen molar-refractivity contribution in [2.75, 3.05) is 0 Å². The van der Waals surface area contributed by atoms with Crippen molar-refractivity contribution >= 4 is 32.4 Å². The quantitative estimate of drug-likeness (QED) is 0.152. The molecule has 0 spiro atoms. The first-order chi connectivity index (χ1) is 29.7. The molecule has 11 rings (SSSR count). The van der Waals surface area contributed by atoms with Crippen LogP contribution in [0.3, 0.4) is 0 Å². The number of nitrogens with zero attached hydrogens (tertiary/aromatic N) is 4. The molecule has 4 heteroatoms. The smallest absolute Gasteiger partial charge is 0.164 e. The van der Waals surface area contributed by atoms with E-state index < -0.39 is 0 Å². The standard InChI is InChI=1S/C56H36N4/c1-3-11-37(12-4-1)39-19-25-42(26-20-39)54-58-55(43-27-21-40(22-28-43)38-13-5-2-6-14-38)60-56(59-54)44-29-23-41(24-30-44)48-33-34-49(51-18-10-9-17-50(48)51)45-31-32-52-47-16-8-7-15-46(47)36-57-53(52)35-45/h1-36H. The van der Waals surface area contributed by atoms with Crippen LogP contribution < -0.4 is 0 Å². The summed E-state index contributed by atoms with van der Waals surface area (Å²) in [6.07, 6.45) is 1.97. The lowest BCUT2D eigenvalue weighted by Gasteiger charge is -2.14. The van der Waals surface area contributed by atoms with Gasteiger partial charge in [-0.2, -0.15) is 0 Å². The highest BCUT2D eigenvalue weighted by Crippen LogP contribution is 2.38. The highest BCUT2D eigenvalue weighted by atomic mass is 15.0. The van der Waals surface area contributed by atoms with Crippen LogP contribution in [0.1, 0.15) is 0 Å². The third kappa shape index (κ3) is 6.56. The average molecular weight is 765 g/mol. The van der Waals surface area contributed by atoms with Crippen molar-refractivity contribution in [2.24, 2.45) is 0 Å². The molecule has 4 nitrogen and oxygen atoms in total. The van der Waals surface area contributed by atoms with E-state index >= 15 is 0 Å². The normalized spacial score (nSPS) is 11.3. The molecule has 0 unspecified atom stereocenters. The van der Waals surface area contributed by atoms with Crippen LogP contribution in [0.15, 0.2) is 219 Å². The highest BCUT2D eigenvalue weighted by Gasteiger charge is 2.15. The van der Waals surface area contributed by atoms with Crippen molar-refractivity contribution in [3.63, 3.8) is 0 Å². The molecule has 0 atom stereocenters. The van der Waals surface area contributed by atoms with Gasteiger partial charge in [0.25, 0.3) is 0 Å². The molecular formula is C56H36N4. The lowest BCUT2D eigenvalue weighted by Crippen LogP contribution is -2.00. The van der Waals surface area contributed by atoms with E-state index in [4.69, 9.17) is 19.9 Å². The molecule has 0 saturated heterocycles. The third-order valence-electron chi connectivity index (χ3n) is 11.4. The Morgan fingerprint density at radius 3 is 1.15 bits per heavy atom. The highest BCUT2D eigenvalue weighted by molar-refractivity contribution is 6.09. The molecule has 60 heavy (non-hydrogen) atoms. The molecule has 11 aromatic rings. The summed E-state index contributed by atoms with van der Waals surface area (Å²) in [5.74, 6) is 1.88. The van der Waals surface area contributed by atoms with Crippen LogP contribution in [-0.2, 0) is 0 Å². The minimum Gasteiger partial charge on any atom is -0.256 e. The summed E-state index contributed by atoms with van der Waals surface area (Å²) in [4.78, 5) is 20.0. The molecule has 0 bridgehead atoms. The van der Waals surface area contributed by atoms with Gasteiger partial charge in [0.15, 0.2) is 17.5 Å². The van der Waals surface area contributed by atoms with E-state index in [-0.39, 0.29) is 0 Å². The SMILES string of the molecule is c1ccc(-c2ccc(-c3nc(-c4ccc(-c5ccccc5)cc4)nc(-c4ccc(-c5ccc(-c6ccc7c(c6)ncc6ccccc67)c6ccccc56)cc4)n3)cc2)cc1. The van der Waals surface area contributed by atoms with E-state index in [0.29, 0.717) is 17.5 Å². The number of hydrogen-bond acceptors (Lipinski definition) is 4. The first-order valence-corrected chi connectivity index (χ1v) is 20.2. The lowest BCUT2D eigenvalue weighted by atomic mass is 9.91. The van der Waals surface area contributed by atoms with E-state index in [1.165, 1.54) is 38.4 Å². The number of fused-ring (bicyclic) bond motifs is 4. The van der Waals surface area contributed by atoms with Gasteiger partial charge in [-0.1, -0.05) is 206 Å². The molecule has 0 radical (unpaired) electrons. The van der Waals surface area contributed by atoms with Crippen LogP contribution in [-0.4, -0.2) is 19.9 Å². The maximum Gasteiger partial charge on any atom is 0.164 e. The predicted octanol–water partition coefficient (Wildman–Crippen LogP) is 14.4. The minimum atomic E-state index is 0.624. The molecule has 0 amide bonds. The molecule has 0 saturated carbocycles. The van der Waals surface area contributed by atoms with Crippen LogP contribution in [0, 0.1) is 0 Å². The molecule has 9 aromatic carbocycles. The number of rotatable bonds is 7. The number of benzene rings is 9. The Balaban J connectivity index is 0.959. The van der Waals surface area contributed by atoms with Gasteiger partial charge in [-0.25, -0.2) is 15.0 Å². The summed E-state index contributed by atoms with van der Waals surface area (Å²) in [5, 5.41) is 5.92. The van der Waals surface area contributed by atoms with Gasteiger partial charge in [0.2, 0.25) is 0 Å². The molecule has 0 aliphatic rings. The molecule has 0 N–H and O–H groups in total. The van der Waals surface area contributed by atoms with Gasteiger partial charge in [-0.15, -0.1) is 0 Å². The molecule has 0 aliphatic carbocycles. The van der Waals surface area contributed by atoms with E-state index in [1.807, 2.05) is 18.3 Å². The van der Waals surface area contributed by atoms with E-state index in [0.717, 1.165) is 55.2 Å². The Hall–Kier alpha value is -8.08. The summed E-state index contributed by atoms with van der Waals surface area (Å²) in [6, 6.07) is 74.5. The Bertz CT molecular complexity index is 3220. The van der Waals surface area contributed by atoms with Crippen LogP contribution in [0.25, 0.3) is 111 Å². The predicted molar refractivity (Wildman–Crippen MR) is 248 cm³/mol. The number of hydrogen-bond donors (Lipinski definition) is 0. The second-order valence-electron chi connectivity index (χ2n) is 15.1. The molecule has 280 valence electrons. The monoisotopic (exact) mass is 764 g/mol. The molecular weight excluding hydrogens is 729 g/mol. The van der Waals surface area contributed by atoms with Crippen molar-refractivity contribution in [3.05, 3.63) is 219 Å². The summed E-state index contributed by atoms with van der Waals surface area (Å²) in [6.45, 7) is 0. The largest absolute Gasteiger partial charge is 0.256 e. The molecule has 0 fully saturated rings. The van der Waals surface area contributed by atoms with Gasteiger partial charge in [-0.3, -0.25) is 4.98 Å². The second kappa shape index (κ2) is 15.0. The van der Waals surface area contributed by atoms with E-state index in [9.17, 15) is 0 Å². The molecule has 2 aromatic heterocycles. The van der Waals surface area contributed by atoms with Gasteiger partial charge in [0, 0.05) is 33.7 Å². The Kier molecular flexibility index (Phi) is 8.79. The zero-order valence-corrected chi connectivity index (χ0v) is 32.6. The lowest BCUT2D eigenvalue weighted by molar-refractivity contribution is 1.07. The maximum absolute atomic E-state index is 5.08. The van der Waals surface area contributed by atoms with Crippen LogP contribution in [0.4, 0.5) is 0 Å². The minimum absolute atomic E-state index is 0.624. The fourth-order valence-corrected chi connectivity index (χ4v) is 8.28. The average Bonchev–Trinajstić information content (AvgIpc) is 3.34. The third-order valence-corrected chi connectivity index (χ3v) is 11.4. The Morgan fingerprint density at radius 1 is 0.250 bits per heavy atom. The van der Waals surface area contributed by atoms with Crippen LogP contribution >= 0.6 is 0 Å². The fraction of sp³-hybridized carbons (Fsp3) is 0. The summed E-state index contributed by atoms with van der Waals surface area (Å²) >= 11 is 0. The first-order valence-electron chi connectivity index (χ1n) is 20.2. The first kappa shape index (κ1) is 35.1. The Labute approximate surface area is 348 Å². The van der Waals surface area contributed by atoms with E-state index in [1.54, 1.807) is 0 Å². The summed E-state index contributed by atoms with van der Waals surface area (Å²) in [7, 11) is 0. The van der Waals surface area contributed by atoms with Gasteiger partial charge in [-0.05, 0) is 66.7 Å². The second-order valence-corrected chi connectivity index (χ2v) is 15.1. The van der Waals surface area contributed by atoms with Gasteiger partial charge < -0.3 is 0 Å². The van der Waals surface area contributed by atoms with Crippen molar-refractivity contribution in [1.29, 1.82) is 0 Å². The van der Waals surface area contributed by atoms with Crippen molar-refractivity contribution in [2.45, 2.75) is 0 Å². The fourth-order valence-electron chi connectivity index (χ4n) is 8.28. The Morgan fingerprint density at radius 2 is 0.633 bits per heavy atom. The van der Waals surface area contributed by atoms with E-state index in [2.05, 4.69) is 200 Å². The number of aromatic nitrogens is 4. The zero-order valence-electron chi connectivity index (χ0n) is 32.6. The number of pyridine rings is 1. The zero-order chi connectivity index (χ0) is 39.8. The van der Waals surface area contributed by atoms with Crippen molar-refractivity contribution in [1.82, 2.24) is 19.9 Å². The van der Waals surface area contributed by atoms with Gasteiger partial charge in [0.1, 0.15) is 0 Å². The van der Waals surface area contributed by atoms with Crippen molar-refractivity contribution < 1.29 is 0 Å². The van der Waals surface area contributed by atoms with Gasteiger partial charge >= 0.3 is 0 Å². The van der Waals surface area contributed by atoms with Gasteiger partial charge in [0.05, 0.1) is 5.52 Å². The molecule has 0 aliphatic heterocycles. The maximum atomic E-state index is 5.08. The molecule has 2 heterocycles. The van der Waals surface area contributed by atoms with Crippen LogP contribution in [0.2, 0.25) is 0 Å². The van der Waals surface area contributed by atoms with Crippen molar-refractivity contribution in [3.8, 4) is 78.7 Å².